The number of aromatic nitrogens is 2. The number of piperidine rings is 1. The summed E-state index contributed by atoms with van der Waals surface area (Å²) in [5, 5.41) is 7.39. The molecule has 6 heteroatoms. The molecule has 1 aliphatic heterocycles. The van der Waals surface area contributed by atoms with Crippen molar-refractivity contribution in [1.29, 1.82) is 0 Å². The molecule has 1 aliphatic rings. The van der Waals surface area contributed by atoms with Crippen LogP contribution in [0, 0.1) is 18.8 Å². The summed E-state index contributed by atoms with van der Waals surface area (Å²) in [5.74, 6) is 1.85. The van der Waals surface area contributed by atoms with Crippen LogP contribution in [0.3, 0.4) is 0 Å². The molecule has 174 valence electrons. The summed E-state index contributed by atoms with van der Waals surface area (Å²) >= 11 is 0. The molecule has 1 N–H and O–H groups in total. The first-order chi connectivity index (χ1) is 16.1. The minimum Gasteiger partial charge on any atom is -0.356 e. The molecular weight excluding hydrogens is 412 g/mol. The molecule has 2 aromatic carbocycles. The average Bonchev–Trinajstić information content (AvgIpc) is 3.30. The molecule has 0 saturated carbocycles. The van der Waals surface area contributed by atoms with Crippen molar-refractivity contribution in [2.24, 2.45) is 11.8 Å². The average molecular weight is 447 g/mol. The number of hydrogen-bond acceptors (Lipinski definition) is 5. The molecule has 1 fully saturated rings. The molecule has 4 rings (SSSR count). The number of rotatable bonds is 9. The zero-order chi connectivity index (χ0) is 23.0. The zero-order valence-corrected chi connectivity index (χ0v) is 19.7. The van der Waals surface area contributed by atoms with Gasteiger partial charge in [-0.1, -0.05) is 73.1 Å². The maximum absolute atomic E-state index is 12.9. The van der Waals surface area contributed by atoms with E-state index in [9.17, 15) is 4.79 Å². The van der Waals surface area contributed by atoms with Crippen LogP contribution < -0.4 is 5.32 Å². The van der Waals surface area contributed by atoms with E-state index >= 15 is 0 Å². The number of amides is 1. The van der Waals surface area contributed by atoms with Gasteiger partial charge in [-0.3, -0.25) is 9.69 Å². The van der Waals surface area contributed by atoms with Gasteiger partial charge in [-0.2, -0.15) is 4.98 Å². The zero-order valence-electron chi connectivity index (χ0n) is 19.7. The van der Waals surface area contributed by atoms with Crippen LogP contribution in [0.5, 0.6) is 0 Å². The number of benzene rings is 2. The Morgan fingerprint density at radius 1 is 1.18 bits per heavy atom. The standard InChI is InChI=1S/C27H34N4O2/c1-3-21(16-22-11-5-4-6-12-22)17-28-27(32)23-13-9-15-31(18-23)19-25-29-26(30-33-25)24-14-8-7-10-20(24)2/h4-8,10-12,14,21,23H,3,9,13,15-19H2,1-2H3,(H,28,32). The van der Waals surface area contributed by atoms with E-state index in [2.05, 4.69) is 51.5 Å². The summed E-state index contributed by atoms with van der Waals surface area (Å²) in [6.07, 6.45) is 3.97. The van der Waals surface area contributed by atoms with Crippen molar-refractivity contribution in [1.82, 2.24) is 20.4 Å². The first-order valence-electron chi connectivity index (χ1n) is 12.0. The highest BCUT2D eigenvalue weighted by Gasteiger charge is 2.27. The third-order valence-electron chi connectivity index (χ3n) is 6.60. The largest absolute Gasteiger partial charge is 0.356 e. The number of nitrogens with one attached hydrogen (secondary N) is 1. The lowest BCUT2D eigenvalue weighted by atomic mass is 9.95. The van der Waals surface area contributed by atoms with Crippen LogP contribution in [0.15, 0.2) is 59.1 Å². The molecule has 0 spiro atoms. The highest BCUT2D eigenvalue weighted by Crippen LogP contribution is 2.22. The number of hydrogen-bond donors (Lipinski definition) is 1. The lowest BCUT2D eigenvalue weighted by Gasteiger charge is -2.31. The molecule has 2 unspecified atom stereocenters. The Kier molecular flexibility index (Phi) is 7.89. The van der Waals surface area contributed by atoms with Crippen molar-refractivity contribution in [2.45, 2.75) is 46.1 Å². The van der Waals surface area contributed by atoms with E-state index in [1.54, 1.807) is 0 Å². The van der Waals surface area contributed by atoms with Crippen molar-refractivity contribution in [2.75, 3.05) is 19.6 Å². The fourth-order valence-corrected chi connectivity index (χ4v) is 4.55. The van der Waals surface area contributed by atoms with E-state index in [0.29, 0.717) is 24.2 Å². The first kappa shape index (κ1) is 23.2. The van der Waals surface area contributed by atoms with E-state index in [-0.39, 0.29) is 11.8 Å². The van der Waals surface area contributed by atoms with Crippen LogP contribution in [-0.4, -0.2) is 40.6 Å². The normalized spacial score (nSPS) is 17.6. The molecular formula is C27H34N4O2. The predicted molar refractivity (Wildman–Crippen MR) is 129 cm³/mol. The Morgan fingerprint density at radius 3 is 2.76 bits per heavy atom. The number of aryl methyl sites for hydroxylation is 1. The van der Waals surface area contributed by atoms with Gasteiger partial charge in [0.15, 0.2) is 0 Å². The molecule has 1 amide bonds. The molecule has 6 nitrogen and oxygen atoms in total. The molecule has 0 radical (unpaired) electrons. The Hall–Kier alpha value is -2.99. The summed E-state index contributed by atoms with van der Waals surface area (Å²) in [5.41, 5.74) is 3.44. The van der Waals surface area contributed by atoms with Crippen molar-refractivity contribution in [3.05, 3.63) is 71.6 Å². The molecule has 33 heavy (non-hydrogen) atoms. The van der Waals surface area contributed by atoms with E-state index in [1.165, 1.54) is 5.56 Å². The lowest BCUT2D eigenvalue weighted by Crippen LogP contribution is -2.43. The predicted octanol–water partition coefficient (Wildman–Crippen LogP) is 4.64. The molecule has 2 atom stereocenters. The molecule has 0 aliphatic carbocycles. The highest BCUT2D eigenvalue weighted by atomic mass is 16.5. The summed E-state index contributed by atoms with van der Waals surface area (Å²) in [6.45, 7) is 7.21. The van der Waals surface area contributed by atoms with Crippen LogP contribution in [0.2, 0.25) is 0 Å². The van der Waals surface area contributed by atoms with Gasteiger partial charge in [-0.05, 0) is 49.8 Å². The van der Waals surface area contributed by atoms with Gasteiger partial charge in [0, 0.05) is 18.7 Å². The van der Waals surface area contributed by atoms with Gasteiger partial charge in [0.2, 0.25) is 17.6 Å². The van der Waals surface area contributed by atoms with E-state index in [4.69, 9.17) is 4.52 Å². The van der Waals surface area contributed by atoms with Crippen LogP contribution >= 0.6 is 0 Å². The Labute approximate surface area is 196 Å². The number of carbonyl (C=O) groups excluding carboxylic acids is 1. The Morgan fingerprint density at radius 2 is 1.97 bits per heavy atom. The Balaban J connectivity index is 1.28. The van der Waals surface area contributed by atoms with Gasteiger partial charge in [-0.25, -0.2) is 0 Å². The summed E-state index contributed by atoms with van der Waals surface area (Å²) in [7, 11) is 0. The lowest BCUT2D eigenvalue weighted by molar-refractivity contribution is -0.127. The van der Waals surface area contributed by atoms with Crippen molar-refractivity contribution < 1.29 is 9.32 Å². The number of carbonyl (C=O) groups is 1. The molecule has 2 heterocycles. The van der Waals surface area contributed by atoms with Crippen LogP contribution in [0.4, 0.5) is 0 Å². The van der Waals surface area contributed by atoms with Crippen molar-refractivity contribution >= 4 is 5.91 Å². The van der Waals surface area contributed by atoms with Crippen molar-refractivity contribution in [3.8, 4) is 11.4 Å². The van der Waals surface area contributed by atoms with E-state index < -0.39 is 0 Å². The maximum atomic E-state index is 12.9. The van der Waals surface area contributed by atoms with Crippen LogP contribution in [0.1, 0.15) is 43.2 Å². The second-order valence-corrected chi connectivity index (χ2v) is 9.11. The number of nitrogens with zero attached hydrogens (tertiary/aromatic N) is 3. The van der Waals surface area contributed by atoms with E-state index in [1.807, 2.05) is 37.3 Å². The summed E-state index contributed by atoms with van der Waals surface area (Å²) in [6, 6.07) is 18.5. The highest BCUT2D eigenvalue weighted by molar-refractivity contribution is 5.79. The van der Waals surface area contributed by atoms with Crippen molar-refractivity contribution in [3.63, 3.8) is 0 Å². The third-order valence-corrected chi connectivity index (χ3v) is 6.60. The summed E-state index contributed by atoms with van der Waals surface area (Å²) in [4.78, 5) is 19.8. The number of likely N-dealkylation sites (tertiary alicyclic amines) is 1. The van der Waals surface area contributed by atoms with Crippen LogP contribution in [-0.2, 0) is 17.8 Å². The quantitative estimate of drug-likeness (QED) is 0.518. The molecule has 3 aromatic rings. The van der Waals surface area contributed by atoms with Gasteiger partial charge in [0.1, 0.15) is 0 Å². The minimum atomic E-state index is 0.00624. The monoisotopic (exact) mass is 446 g/mol. The van der Waals surface area contributed by atoms with E-state index in [0.717, 1.165) is 56.4 Å². The van der Waals surface area contributed by atoms with Gasteiger partial charge in [0.25, 0.3) is 0 Å². The van der Waals surface area contributed by atoms with Crippen LogP contribution in [0.25, 0.3) is 11.4 Å². The maximum Gasteiger partial charge on any atom is 0.241 e. The van der Waals surface area contributed by atoms with Gasteiger partial charge >= 0.3 is 0 Å². The fraction of sp³-hybridized carbons (Fsp3) is 0.444. The van der Waals surface area contributed by atoms with Gasteiger partial charge < -0.3 is 9.84 Å². The molecule has 1 saturated heterocycles. The second-order valence-electron chi connectivity index (χ2n) is 9.11. The second kappa shape index (κ2) is 11.2. The Bertz CT molecular complexity index is 1030. The molecule has 0 bridgehead atoms. The summed E-state index contributed by atoms with van der Waals surface area (Å²) < 4.78 is 5.52. The third kappa shape index (κ3) is 6.29. The first-order valence-corrected chi connectivity index (χ1v) is 12.0. The van der Waals surface area contributed by atoms with Gasteiger partial charge in [0.05, 0.1) is 12.5 Å². The fourth-order valence-electron chi connectivity index (χ4n) is 4.55. The van der Waals surface area contributed by atoms with Gasteiger partial charge in [-0.15, -0.1) is 0 Å². The smallest absolute Gasteiger partial charge is 0.241 e. The minimum absolute atomic E-state index is 0.00624. The molecule has 1 aromatic heterocycles. The topological polar surface area (TPSA) is 71.3 Å². The SMILES string of the molecule is CCC(CNC(=O)C1CCCN(Cc2nc(-c3ccccc3C)no2)C1)Cc1ccccc1.